The Morgan fingerprint density at radius 2 is 2.26 bits per heavy atom. The molecule has 3 rings (SSSR count). The van der Waals surface area contributed by atoms with E-state index < -0.39 is 5.60 Å². The van der Waals surface area contributed by atoms with Gasteiger partial charge in [0, 0.05) is 19.3 Å². The smallest absolute Gasteiger partial charge is 0.410 e. The number of amides is 1. The number of aromatic amines is 1. The molecule has 2 aromatic rings. The first kappa shape index (κ1) is 16.0. The van der Waals surface area contributed by atoms with Crippen LogP contribution in [0.3, 0.4) is 0 Å². The number of hydrogen-bond donors (Lipinski definition) is 1. The van der Waals surface area contributed by atoms with Crippen molar-refractivity contribution in [2.45, 2.75) is 45.3 Å². The highest BCUT2D eigenvalue weighted by Crippen LogP contribution is 2.27. The highest BCUT2D eigenvalue weighted by molar-refractivity contribution is 7.71. The molecular formula is C16H22N4O2S. The van der Waals surface area contributed by atoms with Crippen molar-refractivity contribution < 1.29 is 9.53 Å². The van der Waals surface area contributed by atoms with Crippen molar-refractivity contribution in [3.63, 3.8) is 0 Å². The third-order valence-corrected chi connectivity index (χ3v) is 4.23. The Morgan fingerprint density at radius 1 is 1.48 bits per heavy atom. The number of nitrogens with zero attached hydrogens (tertiary/aromatic N) is 3. The van der Waals surface area contributed by atoms with Gasteiger partial charge in [-0.25, -0.2) is 4.79 Å². The van der Waals surface area contributed by atoms with Crippen molar-refractivity contribution in [1.82, 2.24) is 19.4 Å². The Morgan fingerprint density at radius 3 is 3.00 bits per heavy atom. The second-order valence-corrected chi connectivity index (χ2v) is 7.30. The molecule has 7 heteroatoms. The average molecular weight is 334 g/mol. The van der Waals surface area contributed by atoms with E-state index in [1.807, 2.05) is 26.8 Å². The molecule has 0 radical (unpaired) electrons. The normalized spacial score (nSPS) is 19.1. The summed E-state index contributed by atoms with van der Waals surface area (Å²) in [5, 5.41) is 0. The van der Waals surface area contributed by atoms with Gasteiger partial charge in [-0.1, -0.05) is 0 Å². The van der Waals surface area contributed by atoms with Gasteiger partial charge in [0.05, 0.1) is 23.3 Å². The molecule has 0 aromatic carbocycles. The molecule has 1 atom stereocenters. The third-order valence-electron chi connectivity index (χ3n) is 3.93. The number of ether oxygens (including phenoxy) is 1. The summed E-state index contributed by atoms with van der Waals surface area (Å²) >= 11 is 5.47. The number of nitrogens with one attached hydrogen (secondary N) is 1. The van der Waals surface area contributed by atoms with Crippen LogP contribution in [-0.2, 0) is 4.74 Å². The minimum absolute atomic E-state index is 0.153. The number of H-pyrrole nitrogens is 1. The van der Waals surface area contributed by atoms with Gasteiger partial charge in [-0.3, -0.25) is 4.98 Å². The zero-order chi connectivity index (χ0) is 16.6. The fourth-order valence-corrected chi connectivity index (χ4v) is 3.36. The first-order valence-corrected chi connectivity index (χ1v) is 8.28. The summed E-state index contributed by atoms with van der Waals surface area (Å²) in [7, 11) is 0. The summed E-state index contributed by atoms with van der Waals surface area (Å²) in [6, 6.07) is 2.11. The summed E-state index contributed by atoms with van der Waals surface area (Å²) in [6.07, 6.45) is 5.20. The van der Waals surface area contributed by atoms with Crippen LogP contribution in [0.5, 0.6) is 0 Å². The number of likely N-dealkylation sites (tertiary alicyclic amines) is 1. The molecule has 1 amide bonds. The summed E-state index contributed by atoms with van der Waals surface area (Å²) in [4.78, 5) is 21.4. The lowest BCUT2D eigenvalue weighted by atomic mass is 10.1. The van der Waals surface area contributed by atoms with E-state index in [1.165, 1.54) is 0 Å². The van der Waals surface area contributed by atoms with Gasteiger partial charge in [0.1, 0.15) is 5.60 Å². The fraction of sp³-hybridized carbons (Fsp3) is 0.562. The Balaban J connectivity index is 1.85. The monoisotopic (exact) mass is 334 g/mol. The Kier molecular flexibility index (Phi) is 4.14. The van der Waals surface area contributed by atoms with E-state index in [9.17, 15) is 4.79 Å². The van der Waals surface area contributed by atoms with Gasteiger partial charge in [-0.2, -0.15) is 0 Å². The van der Waals surface area contributed by atoms with Gasteiger partial charge in [0.2, 0.25) is 0 Å². The van der Waals surface area contributed by atoms with Gasteiger partial charge < -0.3 is 19.2 Å². The standard InChI is InChI=1S/C16H22N4O2S/c1-16(2,3)22-15(21)19-8-4-5-11(10-19)20-13-6-7-17-9-12(13)18-14(20)23/h6-7,9,11H,4-5,8,10H2,1-3H3,(H,18,23). The number of rotatable bonds is 1. The maximum Gasteiger partial charge on any atom is 0.410 e. The van der Waals surface area contributed by atoms with Crippen molar-refractivity contribution >= 4 is 29.3 Å². The SMILES string of the molecule is CC(C)(C)OC(=O)N1CCCC(n2c(=S)[nH]c3cnccc32)C1. The summed E-state index contributed by atoms with van der Waals surface area (Å²) in [5.41, 5.74) is 1.47. The van der Waals surface area contributed by atoms with Crippen LogP contribution in [-0.4, -0.2) is 44.2 Å². The quantitative estimate of drug-likeness (QED) is 0.808. The molecule has 1 fully saturated rings. The Bertz CT molecular complexity index is 774. The minimum atomic E-state index is -0.479. The molecule has 1 aliphatic heterocycles. The van der Waals surface area contributed by atoms with Crippen LogP contribution in [0.2, 0.25) is 0 Å². The number of pyridine rings is 1. The van der Waals surface area contributed by atoms with E-state index in [-0.39, 0.29) is 12.1 Å². The highest BCUT2D eigenvalue weighted by atomic mass is 32.1. The number of imidazole rings is 1. The van der Waals surface area contributed by atoms with E-state index in [1.54, 1.807) is 17.3 Å². The molecule has 1 saturated heterocycles. The van der Waals surface area contributed by atoms with Crippen LogP contribution in [0, 0.1) is 4.77 Å². The lowest BCUT2D eigenvalue weighted by Crippen LogP contribution is -2.43. The molecule has 124 valence electrons. The number of fused-ring (bicyclic) bond motifs is 1. The van der Waals surface area contributed by atoms with Crippen LogP contribution >= 0.6 is 12.2 Å². The van der Waals surface area contributed by atoms with Crippen LogP contribution < -0.4 is 0 Å². The van der Waals surface area contributed by atoms with Crippen molar-refractivity contribution in [3.05, 3.63) is 23.2 Å². The van der Waals surface area contributed by atoms with Crippen molar-refractivity contribution in [2.75, 3.05) is 13.1 Å². The average Bonchev–Trinajstić information content (AvgIpc) is 2.81. The maximum atomic E-state index is 12.3. The van der Waals surface area contributed by atoms with Gasteiger partial charge in [0.15, 0.2) is 4.77 Å². The predicted octanol–water partition coefficient (Wildman–Crippen LogP) is 3.67. The topological polar surface area (TPSA) is 63.1 Å². The summed E-state index contributed by atoms with van der Waals surface area (Å²) < 4.78 is 8.26. The summed E-state index contributed by atoms with van der Waals surface area (Å²) in [5.74, 6) is 0. The van der Waals surface area contributed by atoms with Gasteiger partial charge in [-0.05, 0) is 51.9 Å². The first-order valence-electron chi connectivity index (χ1n) is 7.87. The molecule has 0 spiro atoms. The molecule has 1 aliphatic rings. The number of hydrogen-bond acceptors (Lipinski definition) is 4. The van der Waals surface area contributed by atoms with E-state index in [0.29, 0.717) is 11.3 Å². The van der Waals surface area contributed by atoms with E-state index in [4.69, 9.17) is 17.0 Å². The van der Waals surface area contributed by atoms with Gasteiger partial charge in [0.25, 0.3) is 0 Å². The molecule has 0 aliphatic carbocycles. The predicted molar refractivity (Wildman–Crippen MR) is 91.0 cm³/mol. The van der Waals surface area contributed by atoms with E-state index in [0.717, 1.165) is 30.4 Å². The second kappa shape index (κ2) is 5.96. The number of aromatic nitrogens is 3. The fourth-order valence-electron chi connectivity index (χ4n) is 3.00. The van der Waals surface area contributed by atoms with Crippen LogP contribution in [0.1, 0.15) is 39.7 Å². The number of carbonyl (C=O) groups is 1. The van der Waals surface area contributed by atoms with Crippen LogP contribution in [0.25, 0.3) is 11.0 Å². The summed E-state index contributed by atoms with van der Waals surface area (Å²) in [6.45, 7) is 6.99. The molecule has 1 N–H and O–H groups in total. The molecule has 6 nitrogen and oxygen atoms in total. The minimum Gasteiger partial charge on any atom is -0.444 e. The van der Waals surface area contributed by atoms with E-state index in [2.05, 4.69) is 14.5 Å². The lowest BCUT2D eigenvalue weighted by molar-refractivity contribution is 0.0173. The maximum absolute atomic E-state index is 12.3. The highest BCUT2D eigenvalue weighted by Gasteiger charge is 2.29. The van der Waals surface area contributed by atoms with Crippen molar-refractivity contribution in [2.24, 2.45) is 0 Å². The zero-order valence-electron chi connectivity index (χ0n) is 13.7. The Hall–Kier alpha value is -1.89. The zero-order valence-corrected chi connectivity index (χ0v) is 14.5. The molecule has 1 unspecified atom stereocenters. The molecule has 0 saturated carbocycles. The molecule has 3 heterocycles. The van der Waals surface area contributed by atoms with Crippen LogP contribution in [0.4, 0.5) is 4.79 Å². The van der Waals surface area contributed by atoms with Crippen molar-refractivity contribution in [3.8, 4) is 0 Å². The second-order valence-electron chi connectivity index (χ2n) is 6.92. The molecule has 2 aromatic heterocycles. The molecule has 23 heavy (non-hydrogen) atoms. The third kappa shape index (κ3) is 3.39. The van der Waals surface area contributed by atoms with Crippen molar-refractivity contribution in [1.29, 1.82) is 0 Å². The Labute approximate surface area is 140 Å². The first-order chi connectivity index (χ1) is 10.8. The van der Waals surface area contributed by atoms with E-state index >= 15 is 0 Å². The largest absolute Gasteiger partial charge is 0.444 e. The number of carbonyl (C=O) groups excluding carboxylic acids is 1. The van der Waals surface area contributed by atoms with Crippen LogP contribution in [0.15, 0.2) is 18.5 Å². The van der Waals surface area contributed by atoms with Gasteiger partial charge >= 0.3 is 6.09 Å². The molecule has 0 bridgehead atoms. The van der Waals surface area contributed by atoms with Gasteiger partial charge in [-0.15, -0.1) is 0 Å². The lowest BCUT2D eigenvalue weighted by Gasteiger charge is -2.34. The number of piperidine rings is 1. The molecular weight excluding hydrogens is 312 g/mol.